The van der Waals surface area contributed by atoms with Crippen LogP contribution in [0.4, 0.5) is 5.13 Å². The highest BCUT2D eigenvalue weighted by atomic mass is 32.2. The van der Waals surface area contributed by atoms with Crippen molar-refractivity contribution in [1.82, 2.24) is 15.1 Å². The number of nitrogens with zero attached hydrogens (tertiary/aromatic N) is 3. The molecule has 0 radical (unpaired) electrons. The van der Waals surface area contributed by atoms with Crippen molar-refractivity contribution in [3.8, 4) is 0 Å². The molecule has 1 N–H and O–H groups in total. The quantitative estimate of drug-likeness (QED) is 0.823. The number of thioether (sulfide) groups is 1. The monoisotopic (exact) mass is 334 g/mol. The number of carbonyl (C=O) groups excluding carboxylic acids is 1. The molecule has 1 fully saturated rings. The maximum absolute atomic E-state index is 12.0. The van der Waals surface area contributed by atoms with Crippen molar-refractivity contribution in [3.05, 3.63) is 35.9 Å². The van der Waals surface area contributed by atoms with Crippen LogP contribution in [0.3, 0.4) is 0 Å². The Bertz CT molecular complexity index is 611. The van der Waals surface area contributed by atoms with E-state index in [0.717, 1.165) is 41.9 Å². The van der Waals surface area contributed by atoms with E-state index in [-0.39, 0.29) is 5.91 Å². The number of aromatic nitrogens is 2. The van der Waals surface area contributed by atoms with E-state index in [2.05, 4.69) is 27.6 Å². The topological polar surface area (TPSA) is 58.1 Å². The second kappa shape index (κ2) is 7.60. The molecule has 0 saturated carbocycles. The number of benzene rings is 1. The fourth-order valence-corrected chi connectivity index (χ4v) is 3.94. The predicted molar refractivity (Wildman–Crippen MR) is 90.2 cm³/mol. The lowest BCUT2D eigenvalue weighted by atomic mass is 10.2. The summed E-state index contributed by atoms with van der Waals surface area (Å²) in [4.78, 5) is 13.9. The molecule has 22 heavy (non-hydrogen) atoms. The summed E-state index contributed by atoms with van der Waals surface area (Å²) in [6, 6.07) is 10.2. The lowest BCUT2D eigenvalue weighted by molar-refractivity contribution is -0.127. The molecule has 1 aromatic heterocycles. The Hall–Kier alpha value is -1.60. The number of likely N-dealkylation sites (tertiary alicyclic amines) is 1. The molecule has 2 heterocycles. The summed E-state index contributed by atoms with van der Waals surface area (Å²) in [6.45, 7) is 2.53. The minimum Gasteiger partial charge on any atom is -0.356 e. The molecule has 1 aliphatic heterocycles. The molecule has 1 aliphatic rings. The van der Waals surface area contributed by atoms with Gasteiger partial charge in [0.2, 0.25) is 11.0 Å². The molecular weight excluding hydrogens is 316 g/mol. The summed E-state index contributed by atoms with van der Waals surface area (Å²) < 4.78 is 0.836. The molecule has 0 unspecified atom stereocenters. The van der Waals surface area contributed by atoms with Crippen LogP contribution >= 0.6 is 23.1 Å². The van der Waals surface area contributed by atoms with Gasteiger partial charge in [0.05, 0.1) is 5.75 Å². The third-order valence-corrected chi connectivity index (χ3v) is 5.47. The summed E-state index contributed by atoms with van der Waals surface area (Å²) in [6.07, 6.45) is 2.26. The average molecular weight is 334 g/mol. The first kappa shape index (κ1) is 15.3. The zero-order chi connectivity index (χ0) is 15.2. The molecular formula is C15H18N4OS2. The van der Waals surface area contributed by atoms with Crippen LogP contribution in [0.5, 0.6) is 0 Å². The smallest absolute Gasteiger partial charge is 0.233 e. The van der Waals surface area contributed by atoms with Crippen LogP contribution in [-0.4, -0.2) is 39.8 Å². The third kappa shape index (κ3) is 4.20. The third-order valence-electron chi connectivity index (χ3n) is 3.47. The first-order valence-corrected chi connectivity index (χ1v) is 9.13. The van der Waals surface area contributed by atoms with Gasteiger partial charge in [-0.05, 0) is 18.4 Å². The fourth-order valence-electron chi connectivity index (χ4n) is 2.29. The van der Waals surface area contributed by atoms with E-state index in [1.165, 1.54) is 28.7 Å². The van der Waals surface area contributed by atoms with Gasteiger partial charge < -0.3 is 10.2 Å². The van der Waals surface area contributed by atoms with Crippen molar-refractivity contribution in [2.45, 2.75) is 23.7 Å². The minimum absolute atomic E-state index is 0.205. The lowest BCUT2D eigenvalue weighted by Crippen LogP contribution is -2.29. The van der Waals surface area contributed by atoms with Crippen molar-refractivity contribution in [2.75, 3.05) is 24.2 Å². The number of anilines is 1. The summed E-state index contributed by atoms with van der Waals surface area (Å²) >= 11 is 2.97. The first-order valence-electron chi connectivity index (χ1n) is 7.33. The van der Waals surface area contributed by atoms with Crippen LogP contribution in [-0.2, 0) is 11.3 Å². The highest BCUT2D eigenvalue weighted by Gasteiger charge is 2.18. The van der Waals surface area contributed by atoms with Crippen LogP contribution in [0.2, 0.25) is 0 Å². The molecule has 0 atom stereocenters. The predicted octanol–water partition coefficient (Wildman–Crippen LogP) is 2.86. The summed E-state index contributed by atoms with van der Waals surface area (Å²) in [5.41, 5.74) is 1.20. The van der Waals surface area contributed by atoms with Crippen molar-refractivity contribution in [3.63, 3.8) is 0 Å². The molecule has 1 aromatic carbocycles. The van der Waals surface area contributed by atoms with Gasteiger partial charge in [0.25, 0.3) is 0 Å². The minimum atomic E-state index is 0.205. The molecule has 2 aromatic rings. The van der Waals surface area contributed by atoms with Gasteiger partial charge in [0.1, 0.15) is 0 Å². The molecule has 0 spiro atoms. The van der Waals surface area contributed by atoms with Crippen LogP contribution < -0.4 is 5.32 Å². The summed E-state index contributed by atoms with van der Waals surface area (Å²) in [7, 11) is 0. The Labute approximate surface area is 138 Å². The van der Waals surface area contributed by atoms with Gasteiger partial charge >= 0.3 is 0 Å². The van der Waals surface area contributed by atoms with Crippen molar-refractivity contribution in [1.29, 1.82) is 0 Å². The second-order valence-electron chi connectivity index (χ2n) is 5.09. The Morgan fingerprint density at radius 1 is 1.23 bits per heavy atom. The molecule has 7 heteroatoms. The Balaban J connectivity index is 1.45. The fraction of sp³-hybridized carbons (Fsp3) is 0.400. The number of rotatable bonds is 6. The van der Waals surface area contributed by atoms with Gasteiger partial charge in [0, 0.05) is 19.6 Å². The number of amides is 1. The van der Waals surface area contributed by atoms with E-state index in [9.17, 15) is 4.79 Å². The molecule has 3 rings (SSSR count). The molecule has 5 nitrogen and oxygen atoms in total. The van der Waals surface area contributed by atoms with E-state index in [0.29, 0.717) is 5.75 Å². The van der Waals surface area contributed by atoms with Crippen LogP contribution in [0.15, 0.2) is 34.7 Å². The van der Waals surface area contributed by atoms with Crippen molar-refractivity contribution >= 4 is 34.1 Å². The van der Waals surface area contributed by atoms with Gasteiger partial charge in [-0.2, -0.15) is 0 Å². The van der Waals surface area contributed by atoms with Crippen LogP contribution in [0.25, 0.3) is 0 Å². The van der Waals surface area contributed by atoms with E-state index < -0.39 is 0 Å². The van der Waals surface area contributed by atoms with Crippen molar-refractivity contribution in [2.24, 2.45) is 0 Å². The van der Waals surface area contributed by atoms with E-state index in [1.807, 2.05) is 23.1 Å². The van der Waals surface area contributed by atoms with Gasteiger partial charge in [-0.25, -0.2) is 0 Å². The molecule has 1 saturated heterocycles. The summed E-state index contributed by atoms with van der Waals surface area (Å²) in [5.74, 6) is 0.657. The molecule has 0 bridgehead atoms. The van der Waals surface area contributed by atoms with Gasteiger partial charge in [-0.15, -0.1) is 10.2 Å². The number of carbonyl (C=O) groups is 1. The van der Waals surface area contributed by atoms with Gasteiger partial charge in [0.15, 0.2) is 4.34 Å². The molecule has 116 valence electrons. The average Bonchev–Trinajstić information content (AvgIpc) is 3.23. The van der Waals surface area contributed by atoms with E-state index >= 15 is 0 Å². The normalized spacial score (nSPS) is 14.3. The van der Waals surface area contributed by atoms with Crippen LogP contribution in [0, 0.1) is 0 Å². The number of nitrogens with one attached hydrogen (secondary N) is 1. The maximum Gasteiger partial charge on any atom is 0.233 e. The Kier molecular flexibility index (Phi) is 5.29. The number of hydrogen-bond acceptors (Lipinski definition) is 6. The lowest BCUT2D eigenvalue weighted by Gasteiger charge is -2.13. The zero-order valence-corrected chi connectivity index (χ0v) is 13.8. The molecule has 0 aliphatic carbocycles. The van der Waals surface area contributed by atoms with E-state index in [1.54, 1.807) is 0 Å². The second-order valence-corrected chi connectivity index (χ2v) is 7.29. The highest BCUT2D eigenvalue weighted by Crippen LogP contribution is 2.26. The first-order chi connectivity index (χ1) is 10.8. The van der Waals surface area contributed by atoms with Crippen molar-refractivity contribution < 1.29 is 4.79 Å². The van der Waals surface area contributed by atoms with Crippen LogP contribution in [0.1, 0.15) is 18.4 Å². The zero-order valence-electron chi connectivity index (χ0n) is 12.2. The Morgan fingerprint density at radius 2 is 2.00 bits per heavy atom. The standard InChI is InChI=1S/C15H18N4OS2/c20-13(19-8-4-5-9-19)11-21-15-18-17-14(22-15)16-10-12-6-2-1-3-7-12/h1-3,6-7H,4-5,8-11H2,(H,16,17). The van der Waals surface area contributed by atoms with E-state index in [4.69, 9.17) is 0 Å². The maximum atomic E-state index is 12.0. The van der Waals surface area contributed by atoms with Gasteiger partial charge in [-0.3, -0.25) is 4.79 Å². The number of hydrogen-bond donors (Lipinski definition) is 1. The molecule has 1 amide bonds. The van der Waals surface area contributed by atoms with Gasteiger partial charge in [-0.1, -0.05) is 53.4 Å². The Morgan fingerprint density at radius 3 is 2.77 bits per heavy atom. The summed E-state index contributed by atoms with van der Waals surface area (Å²) in [5, 5.41) is 12.3. The SMILES string of the molecule is O=C(CSc1nnc(NCc2ccccc2)s1)N1CCCC1. The highest BCUT2D eigenvalue weighted by molar-refractivity contribution is 8.01. The largest absolute Gasteiger partial charge is 0.356 e.